The molecule has 4 heteroatoms. The Morgan fingerprint density at radius 1 is 1.13 bits per heavy atom. The second kappa shape index (κ2) is 3.93. The zero-order valence-electron chi connectivity index (χ0n) is 8.91. The van der Waals surface area contributed by atoms with E-state index in [1.807, 2.05) is 0 Å². The quantitative estimate of drug-likeness (QED) is 0.807. The number of hydrogen-bond donors (Lipinski definition) is 1. The normalized spacial score (nSPS) is 27.6. The zero-order valence-corrected chi connectivity index (χ0v) is 8.91. The molecule has 82 valence electrons. The van der Waals surface area contributed by atoms with Gasteiger partial charge in [-0.05, 0) is 32.2 Å². The molecule has 15 heavy (non-hydrogen) atoms. The van der Waals surface area contributed by atoms with Crippen molar-refractivity contribution in [3.63, 3.8) is 0 Å². The van der Waals surface area contributed by atoms with Crippen LogP contribution in [0.2, 0.25) is 0 Å². The van der Waals surface area contributed by atoms with Gasteiger partial charge in [0.25, 0.3) is 0 Å². The molecular formula is C11H17N3O. The minimum Gasteiger partial charge on any atom is -0.338 e. The van der Waals surface area contributed by atoms with Crippen LogP contribution in [0.5, 0.6) is 0 Å². The topological polar surface area (TPSA) is 51.0 Å². The molecule has 1 aromatic heterocycles. The first kappa shape index (κ1) is 9.33. The highest BCUT2D eigenvalue weighted by atomic mass is 16.5. The third-order valence-corrected chi connectivity index (χ3v) is 3.54. The van der Waals surface area contributed by atoms with Gasteiger partial charge in [-0.2, -0.15) is 4.98 Å². The van der Waals surface area contributed by atoms with Crippen LogP contribution in [0.1, 0.15) is 62.2 Å². The third kappa shape index (κ3) is 1.78. The van der Waals surface area contributed by atoms with Crippen LogP contribution in [0, 0.1) is 0 Å². The van der Waals surface area contributed by atoms with Crippen LogP contribution >= 0.6 is 0 Å². The first-order chi connectivity index (χ1) is 7.43. The molecule has 0 spiro atoms. The van der Waals surface area contributed by atoms with Gasteiger partial charge in [0.15, 0.2) is 5.82 Å². The zero-order chi connectivity index (χ0) is 10.1. The number of nitrogens with one attached hydrogen (secondary N) is 1. The summed E-state index contributed by atoms with van der Waals surface area (Å²) in [6.45, 7) is 1.08. The van der Waals surface area contributed by atoms with E-state index in [4.69, 9.17) is 4.52 Å². The van der Waals surface area contributed by atoms with Crippen molar-refractivity contribution in [2.45, 2.75) is 50.5 Å². The lowest BCUT2D eigenvalue weighted by atomic mass is 10.1. The van der Waals surface area contributed by atoms with Crippen LogP contribution < -0.4 is 5.32 Å². The lowest BCUT2D eigenvalue weighted by Crippen LogP contribution is -2.13. The van der Waals surface area contributed by atoms with Gasteiger partial charge in [-0.25, -0.2) is 0 Å². The first-order valence-corrected chi connectivity index (χ1v) is 6.00. The SMILES string of the molecule is C1CCC(c2noc([C@H]3CCCN3)n2)C1. The largest absolute Gasteiger partial charge is 0.338 e. The molecule has 2 fully saturated rings. The minimum atomic E-state index is 0.313. The fourth-order valence-corrected chi connectivity index (χ4v) is 2.63. The van der Waals surface area contributed by atoms with E-state index < -0.39 is 0 Å². The standard InChI is InChI=1S/C11H17N3O/c1-2-5-8(4-1)10-13-11(15-14-10)9-6-3-7-12-9/h8-9,12H,1-7H2/t9-/m1/s1. The van der Waals surface area contributed by atoms with Gasteiger partial charge in [0.2, 0.25) is 5.89 Å². The molecular weight excluding hydrogens is 190 g/mol. The molecule has 4 nitrogen and oxygen atoms in total. The second-order valence-corrected chi connectivity index (χ2v) is 4.62. The summed E-state index contributed by atoms with van der Waals surface area (Å²) in [6.07, 6.45) is 7.44. The van der Waals surface area contributed by atoms with E-state index in [2.05, 4.69) is 15.5 Å². The van der Waals surface area contributed by atoms with Crippen molar-refractivity contribution in [2.75, 3.05) is 6.54 Å². The van der Waals surface area contributed by atoms with E-state index in [1.54, 1.807) is 0 Å². The van der Waals surface area contributed by atoms with E-state index in [0.717, 1.165) is 24.7 Å². The van der Waals surface area contributed by atoms with Crippen LogP contribution in [0.25, 0.3) is 0 Å². The molecule has 2 aliphatic rings. The average molecular weight is 207 g/mol. The van der Waals surface area contributed by atoms with Crippen LogP contribution in [-0.2, 0) is 0 Å². The van der Waals surface area contributed by atoms with E-state index in [-0.39, 0.29) is 0 Å². The maximum Gasteiger partial charge on any atom is 0.243 e. The molecule has 1 saturated heterocycles. The minimum absolute atomic E-state index is 0.313. The van der Waals surface area contributed by atoms with Gasteiger partial charge in [-0.1, -0.05) is 18.0 Å². The summed E-state index contributed by atoms with van der Waals surface area (Å²) in [6, 6.07) is 0.313. The Morgan fingerprint density at radius 2 is 2.00 bits per heavy atom. The highest BCUT2D eigenvalue weighted by molar-refractivity contribution is 5.01. The predicted molar refractivity (Wildman–Crippen MR) is 55.5 cm³/mol. The molecule has 0 radical (unpaired) electrons. The van der Waals surface area contributed by atoms with Gasteiger partial charge in [0.05, 0.1) is 6.04 Å². The van der Waals surface area contributed by atoms with Gasteiger partial charge in [0.1, 0.15) is 0 Å². The number of rotatable bonds is 2. The summed E-state index contributed by atoms with van der Waals surface area (Å²) in [5.41, 5.74) is 0. The molecule has 0 unspecified atom stereocenters. The maximum absolute atomic E-state index is 5.34. The molecule has 1 N–H and O–H groups in total. The Morgan fingerprint density at radius 3 is 2.73 bits per heavy atom. The van der Waals surface area contributed by atoms with Gasteiger partial charge in [0, 0.05) is 5.92 Å². The highest BCUT2D eigenvalue weighted by Gasteiger charge is 2.26. The van der Waals surface area contributed by atoms with Crippen molar-refractivity contribution in [3.8, 4) is 0 Å². The van der Waals surface area contributed by atoms with E-state index in [1.165, 1.54) is 32.1 Å². The fraction of sp³-hybridized carbons (Fsp3) is 0.818. The Labute approximate surface area is 89.4 Å². The summed E-state index contributed by atoms with van der Waals surface area (Å²) >= 11 is 0. The summed E-state index contributed by atoms with van der Waals surface area (Å²) in [7, 11) is 0. The van der Waals surface area contributed by atoms with Crippen molar-refractivity contribution in [1.29, 1.82) is 0 Å². The van der Waals surface area contributed by atoms with Crippen LogP contribution in [0.15, 0.2) is 4.52 Å². The molecule has 0 aromatic carbocycles. The molecule has 1 aromatic rings. The van der Waals surface area contributed by atoms with Crippen molar-refractivity contribution >= 4 is 0 Å². The fourth-order valence-electron chi connectivity index (χ4n) is 2.63. The molecule has 2 heterocycles. The van der Waals surface area contributed by atoms with E-state index in [9.17, 15) is 0 Å². The number of aromatic nitrogens is 2. The Balaban J connectivity index is 1.74. The Kier molecular flexibility index (Phi) is 2.44. The van der Waals surface area contributed by atoms with Crippen molar-refractivity contribution in [1.82, 2.24) is 15.5 Å². The molecule has 3 rings (SSSR count). The first-order valence-electron chi connectivity index (χ1n) is 6.00. The van der Waals surface area contributed by atoms with Crippen molar-refractivity contribution in [3.05, 3.63) is 11.7 Å². The molecule has 1 aliphatic heterocycles. The number of hydrogen-bond acceptors (Lipinski definition) is 4. The third-order valence-electron chi connectivity index (χ3n) is 3.54. The monoisotopic (exact) mass is 207 g/mol. The summed E-state index contributed by atoms with van der Waals surface area (Å²) in [5, 5.41) is 7.50. The van der Waals surface area contributed by atoms with Gasteiger partial charge < -0.3 is 9.84 Å². The summed E-state index contributed by atoms with van der Waals surface area (Å²) in [5.74, 6) is 2.30. The lowest BCUT2D eigenvalue weighted by molar-refractivity contribution is 0.339. The Bertz CT molecular complexity index is 294. The van der Waals surface area contributed by atoms with Gasteiger partial charge in [-0.15, -0.1) is 0 Å². The van der Waals surface area contributed by atoms with E-state index in [0.29, 0.717) is 12.0 Å². The maximum atomic E-state index is 5.34. The molecule has 1 atom stereocenters. The van der Waals surface area contributed by atoms with Crippen LogP contribution in [-0.4, -0.2) is 16.7 Å². The van der Waals surface area contributed by atoms with Crippen LogP contribution in [0.3, 0.4) is 0 Å². The number of nitrogens with zero attached hydrogens (tertiary/aromatic N) is 2. The van der Waals surface area contributed by atoms with Gasteiger partial charge in [-0.3, -0.25) is 0 Å². The molecule has 0 bridgehead atoms. The Hall–Kier alpha value is -0.900. The smallest absolute Gasteiger partial charge is 0.243 e. The molecule has 1 aliphatic carbocycles. The second-order valence-electron chi connectivity index (χ2n) is 4.62. The predicted octanol–water partition coefficient (Wildman–Crippen LogP) is 2.15. The van der Waals surface area contributed by atoms with Crippen molar-refractivity contribution < 1.29 is 4.52 Å². The van der Waals surface area contributed by atoms with Gasteiger partial charge >= 0.3 is 0 Å². The highest BCUT2D eigenvalue weighted by Crippen LogP contribution is 2.33. The van der Waals surface area contributed by atoms with Crippen LogP contribution in [0.4, 0.5) is 0 Å². The average Bonchev–Trinajstić information content (AvgIpc) is 3.02. The summed E-state index contributed by atoms with van der Waals surface area (Å²) in [4.78, 5) is 4.53. The lowest BCUT2D eigenvalue weighted by Gasteiger charge is -2.02. The van der Waals surface area contributed by atoms with Crippen molar-refractivity contribution in [2.24, 2.45) is 0 Å². The molecule has 0 amide bonds. The molecule has 1 saturated carbocycles. The summed E-state index contributed by atoms with van der Waals surface area (Å²) < 4.78 is 5.34. The van der Waals surface area contributed by atoms with E-state index >= 15 is 0 Å².